The number of nitrogens with one attached hydrogen (secondary N) is 3. The van der Waals surface area contributed by atoms with Crippen molar-refractivity contribution < 1.29 is 36.6 Å². The number of fused-ring (bicyclic) bond motifs is 1. The summed E-state index contributed by atoms with van der Waals surface area (Å²) in [5.74, 6) is -1.31. The van der Waals surface area contributed by atoms with E-state index in [1.165, 1.54) is 29.5 Å². The van der Waals surface area contributed by atoms with Crippen molar-refractivity contribution in [1.29, 1.82) is 0 Å². The molecule has 0 spiro atoms. The molecule has 2 heterocycles. The highest BCUT2D eigenvalue weighted by Gasteiger charge is 2.31. The number of thiazole rings is 1. The number of amides is 3. The average Bonchev–Trinajstić information content (AvgIpc) is 3.62. The maximum atomic E-state index is 14.2. The summed E-state index contributed by atoms with van der Waals surface area (Å²) in [6.07, 6.45) is -3.11. The number of urea groups is 1. The Labute approximate surface area is 215 Å². The van der Waals surface area contributed by atoms with Crippen molar-refractivity contribution in [2.24, 2.45) is 5.92 Å². The van der Waals surface area contributed by atoms with E-state index in [0.29, 0.717) is 15.5 Å². The molecule has 3 N–H and O–H groups in total. The summed E-state index contributed by atoms with van der Waals surface area (Å²) in [5.41, 5.74) is 0.396. The third-order valence-electron chi connectivity index (χ3n) is 5.02. The molecule has 5 rings (SSSR count). The second-order valence-corrected chi connectivity index (χ2v) is 8.97. The first-order valence-electron chi connectivity index (χ1n) is 10.9. The number of carbonyl (C=O) groups is 2. The SMILES string of the molecule is O=C(Nc1ccc(OC(F)(F)F)cc1)Nc1cc(Oc2ccc3nc(NC(=O)C4CC4)sc3n2)c#cc1F. The number of halogens is 4. The van der Waals surface area contributed by atoms with Gasteiger partial charge in [-0.1, -0.05) is 11.3 Å². The molecule has 194 valence electrons. The van der Waals surface area contributed by atoms with Crippen LogP contribution in [0.5, 0.6) is 17.4 Å². The molecule has 0 radical (unpaired) electrons. The van der Waals surface area contributed by atoms with Gasteiger partial charge in [-0.2, -0.15) is 4.39 Å². The Balaban J connectivity index is 1.22. The van der Waals surface area contributed by atoms with Gasteiger partial charge in [-0.3, -0.25) is 4.79 Å². The van der Waals surface area contributed by atoms with E-state index in [1.807, 2.05) is 0 Å². The molecule has 4 aromatic rings. The van der Waals surface area contributed by atoms with Crippen LogP contribution in [0.1, 0.15) is 12.8 Å². The molecule has 1 aliphatic carbocycles. The summed E-state index contributed by atoms with van der Waals surface area (Å²) < 4.78 is 60.4. The molecule has 3 amide bonds. The molecule has 0 aliphatic heterocycles. The Hall–Kier alpha value is -4.64. The first kappa shape index (κ1) is 25.0. The standard InChI is InChI=1S/C24H15F4N5O4S/c25-16-8-7-15(11-18(16)30-22(35)29-13-3-5-14(6-4-13)37-24(26,27)28)36-19-10-9-17-21(32-19)38-23(31-17)33-20(34)12-1-2-12/h3-6,9-12H,1-2H2,(H2,29,30,35)(H,31,33,34). The Morgan fingerprint density at radius 2 is 1.76 bits per heavy atom. The van der Waals surface area contributed by atoms with E-state index in [4.69, 9.17) is 4.74 Å². The van der Waals surface area contributed by atoms with Gasteiger partial charge in [-0.15, -0.1) is 13.2 Å². The maximum absolute atomic E-state index is 14.2. The van der Waals surface area contributed by atoms with Crippen LogP contribution in [0.2, 0.25) is 0 Å². The van der Waals surface area contributed by atoms with E-state index >= 15 is 0 Å². The van der Waals surface area contributed by atoms with Crippen molar-refractivity contribution in [1.82, 2.24) is 9.97 Å². The van der Waals surface area contributed by atoms with E-state index in [9.17, 15) is 27.2 Å². The van der Waals surface area contributed by atoms with Crippen LogP contribution >= 0.6 is 11.3 Å². The van der Waals surface area contributed by atoms with Gasteiger partial charge < -0.3 is 25.4 Å². The van der Waals surface area contributed by atoms with E-state index in [1.54, 1.807) is 6.07 Å². The van der Waals surface area contributed by atoms with Gasteiger partial charge in [-0.25, -0.2) is 14.8 Å². The summed E-state index contributed by atoms with van der Waals surface area (Å²) >= 11 is 1.17. The Morgan fingerprint density at radius 1 is 1.00 bits per heavy atom. The lowest BCUT2D eigenvalue weighted by molar-refractivity contribution is -0.274. The monoisotopic (exact) mass is 545 g/mol. The first-order valence-corrected chi connectivity index (χ1v) is 11.8. The molecule has 1 aliphatic rings. The molecule has 0 unspecified atom stereocenters. The number of rotatable bonds is 7. The molecule has 1 saturated carbocycles. The second kappa shape index (κ2) is 10.0. The van der Waals surface area contributed by atoms with Crippen molar-refractivity contribution in [2.75, 3.05) is 16.0 Å². The molecule has 14 heteroatoms. The maximum Gasteiger partial charge on any atom is 0.573 e. The zero-order chi connectivity index (χ0) is 26.9. The van der Waals surface area contributed by atoms with Crippen molar-refractivity contribution in [3.8, 4) is 17.4 Å². The van der Waals surface area contributed by atoms with Crippen LogP contribution in [0.25, 0.3) is 10.3 Å². The highest BCUT2D eigenvalue weighted by molar-refractivity contribution is 7.21. The molecular weight excluding hydrogens is 530 g/mol. The largest absolute Gasteiger partial charge is 0.573 e. The minimum absolute atomic E-state index is 0.00558. The van der Waals surface area contributed by atoms with Gasteiger partial charge in [0.2, 0.25) is 11.8 Å². The molecule has 2 aromatic heterocycles. The highest BCUT2D eigenvalue weighted by atomic mass is 32.1. The molecular formula is C24H15F4N5O4S. The van der Waals surface area contributed by atoms with Crippen LogP contribution in [-0.4, -0.2) is 28.3 Å². The van der Waals surface area contributed by atoms with Gasteiger partial charge in [-0.05, 0) is 55.3 Å². The number of carbonyl (C=O) groups excluding carboxylic acids is 2. The third-order valence-corrected chi connectivity index (χ3v) is 5.90. The number of hydrogen-bond acceptors (Lipinski definition) is 7. The normalized spacial score (nSPS) is 12.9. The number of nitrogens with zero attached hydrogens (tertiary/aromatic N) is 2. The zero-order valence-electron chi connectivity index (χ0n) is 19.0. The molecule has 0 saturated heterocycles. The summed E-state index contributed by atoms with van der Waals surface area (Å²) in [6, 6.07) is 12.5. The molecule has 2 aromatic carbocycles. The van der Waals surface area contributed by atoms with Crippen LogP contribution in [0.15, 0.2) is 42.5 Å². The highest BCUT2D eigenvalue weighted by Crippen LogP contribution is 2.33. The summed E-state index contributed by atoms with van der Waals surface area (Å²) in [4.78, 5) is 33.4. The van der Waals surface area contributed by atoms with E-state index < -0.39 is 24.0 Å². The number of aromatic nitrogens is 2. The smallest absolute Gasteiger partial charge is 0.430 e. The number of pyridine rings is 1. The number of anilines is 3. The number of alkyl halides is 3. The van der Waals surface area contributed by atoms with E-state index in [0.717, 1.165) is 31.0 Å². The average molecular weight is 545 g/mol. The lowest BCUT2D eigenvalue weighted by atomic mass is 10.3. The van der Waals surface area contributed by atoms with Crippen LogP contribution in [0.3, 0.4) is 0 Å². The summed E-state index contributed by atoms with van der Waals surface area (Å²) in [5, 5.41) is 7.80. The summed E-state index contributed by atoms with van der Waals surface area (Å²) in [6.45, 7) is 0. The van der Waals surface area contributed by atoms with Crippen LogP contribution in [0.4, 0.5) is 38.9 Å². The fraction of sp³-hybridized carbons (Fsp3) is 0.167. The lowest BCUT2D eigenvalue weighted by Gasteiger charge is -2.11. The van der Waals surface area contributed by atoms with E-state index in [-0.39, 0.29) is 34.8 Å². The summed E-state index contributed by atoms with van der Waals surface area (Å²) in [7, 11) is 0. The van der Waals surface area contributed by atoms with E-state index in [2.05, 4.69) is 42.8 Å². The molecule has 0 bridgehead atoms. The fourth-order valence-electron chi connectivity index (χ4n) is 3.16. The number of benzene rings is 1. The van der Waals surface area contributed by atoms with Crippen molar-refractivity contribution >= 4 is 50.1 Å². The molecule has 1 fully saturated rings. The minimum Gasteiger partial charge on any atom is -0.430 e. The Morgan fingerprint density at radius 3 is 2.47 bits per heavy atom. The van der Waals surface area contributed by atoms with Gasteiger partial charge in [0.25, 0.3) is 0 Å². The van der Waals surface area contributed by atoms with Crippen LogP contribution < -0.4 is 25.4 Å². The second-order valence-electron chi connectivity index (χ2n) is 8.00. The van der Waals surface area contributed by atoms with Gasteiger partial charge in [0, 0.05) is 23.7 Å². The first-order chi connectivity index (χ1) is 18.1. The molecule has 0 atom stereocenters. The Bertz CT molecular complexity index is 1510. The fourth-order valence-corrected chi connectivity index (χ4v) is 3.99. The minimum atomic E-state index is -4.84. The van der Waals surface area contributed by atoms with Crippen molar-refractivity contribution in [3.63, 3.8) is 0 Å². The molecule has 38 heavy (non-hydrogen) atoms. The van der Waals surface area contributed by atoms with Gasteiger partial charge in [0.15, 0.2) is 16.7 Å². The van der Waals surface area contributed by atoms with Gasteiger partial charge >= 0.3 is 12.4 Å². The quantitative estimate of drug-likeness (QED) is 0.241. The topological polar surface area (TPSA) is 114 Å². The predicted octanol–water partition coefficient (Wildman–Crippen LogP) is 6.11. The number of hydrogen-bond donors (Lipinski definition) is 3. The van der Waals surface area contributed by atoms with Crippen molar-refractivity contribution in [3.05, 3.63) is 60.4 Å². The lowest BCUT2D eigenvalue weighted by Crippen LogP contribution is -2.20. The van der Waals surface area contributed by atoms with Gasteiger partial charge in [0.1, 0.15) is 16.1 Å². The van der Waals surface area contributed by atoms with Gasteiger partial charge in [0.05, 0.1) is 5.69 Å². The number of ether oxygens (including phenoxy) is 2. The third kappa shape index (κ3) is 6.37. The molecule has 9 nitrogen and oxygen atoms in total. The van der Waals surface area contributed by atoms with Crippen LogP contribution in [-0.2, 0) is 4.79 Å². The van der Waals surface area contributed by atoms with Crippen LogP contribution in [0, 0.1) is 23.9 Å². The zero-order valence-corrected chi connectivity index (χ0v) is 19.8. The Kier molecular flexibility index (Phi) is 6.60. The van der Waals surface area contributed by atoms with Crippen molar-refractivity contribution in [2.45, 2.75) is 19.2 Å². The predicted molar refractivity (Wildman–Crippen MR) is 129 cm³/mol.